The van der Waals surface area contributed by atoms with E-state index in [-0.39, 0.29) is 12.7 Å². The quantitative estimate of drug-likeness (QED) is 0.633. The van der Waals surface area contributed by atoms with Gasteiger partial charge in [-0.1, -0.05) is 6.92 Å². The molecule has 0 radical (unpaired) electrons. The molecule has 0 N–H and O–H groups in total. The van der Waals surface area contributed by atoms with E-state index in [1.807, 2.05) is 0 Å². The lowest BCUT2D eigenvalue weighted by atomic mass is 10.2. The third-order valence-electron chi connectivity index (χ3n) is 1.94. The van der Waals surface area contributed by atoms with E-state index < -0.39 is 37.1 Å². The Morgan fingerprint density at radius 1 is 1.33 bits per heavy atom. The van der Waals surface area contributed by atoms with Crippen LogP contribution in [0.4, 0.5) is 8.78 Å². The highest BCUT2D eigenvalue weighted by Crippen LogP contribution is 2.23. The lowest BCUT2D eigenvalue weighted by molar-refractivity contribution is 0.0499. The summed E-state index contributed by atoms with van der Waals surface area (Å²) in [5, 5.41) is 0. The first-order chi connectivity index (χ1) is 8.27. The normalized spacial score (nSPS) is 11.3. The Labute approximate surface area is 107 Å². The number of rotatable bonds is 4. The maximum atomic E-state index is 13.3. The van der Waals surface area contributed by atoms with Crippen LogP contribution in [0.1, 0.15) is 23.7 Å². The van der Waals surface area contributed by atoms with Gasteiger partial charge in [0.2, 0.25) is 0 Å². The molecule has 0 amide bonds. The van der Waals surface area contributed by atoms with Crippen LogP contribution in [0.25, 0.3) is 0 Å². The zero-order valence-corrected chi connectivity index (χ0v) is 10.8. The topological polar surface area (TPSA) is 60.4 Å². The summed E-state index contributed by atoms with van der Waals surface area (Å²) in [5.41, 5.74) is -0.677. The van der Waals surface area contributed by atoms with E-state index in [2.05, 4.69) is 4.74 Å². The first-order valence-electron chi connectivity index (χ1n) is 4.88. The Kier molecular flexibility index (Phi) is 4.64. The summed E-state index contributed by atoms with van der Waals surface area (Å²) in [6.45, 7) is 1.77. The Morgan fingerprint density at radius 2 is 1.94 bits per heavy atom. The molecule has 0 unspecified atom stereocenters. The van der Waals surface area contributed by atoms with Crippen LogP contribution in [0.15, 0.2) is 17.0 Å². The zero-order chi connectivity index (χ0) is 13.9. The fraction of sp³-hybridized carbons (Fsp3) is 0.300. The molecule has 0 fully saturated rings. The number of carbonyl (C=O) groups excluding carboxylic acids is 1. The minimum atomic E-state index is -4.40. The van der Waals surface area contributed by atoms with Crippen molar-refractivity contribution in [3.8, 4) is 0 Å². The van der Waals surface area contributed by atoms with Crippen LogP contribution in [-0.4, -0.2) is 21.0 Å². The zero-order valence-electron chi connectivity index (χ0n) is 9.24. The molecule has 0 aromatic heterocycles. The maximum Gasteiger partial charge on any atom is 0.341 e. The summed E-state index contributed by atoms with van der Waals surface area (Å²) < 4.78 is 53.1. The van der Waals surface area contributed by atoms with Crippen molar-refractivity contribution >= 4 is 25.7 Å². The highest BCUT2D eigenvalue weighted by molar-refractivity contribution is 8.13. The van der Waals surface area contributed by atoms with E-state index >= 15 is 0 Å². The number of hydrogen-bond acceptors (Lipinski definition) is 4. The molecule has 1 rings (SSSR count). The number of halogens is 3. The Bertz CT molecular complexity index is 571. The predicted molar refractivity (Wildman–Crippen MR) is 60.0 cm³/mol. The van der Waals surface area contributed by atoms with Crippen LogP contribution in [0.5, 0.6) is 0 Å². The van der Waals surface area contributed by atoms with Crippen LogP contribution >= 0.6 is 10.7 Å². The fourth-order valence-corrected chi connectivity index (χ4v) is 2.05. The average molecular weight is 299 g/mol. The van der Waals surface area contributed by atoms with Gasteiger partial charge in [0.15, 0.2) is 0 Å². The summed E-state index contributed by atoms with van der Waals surface area (Å²) in [6.07, 6.45) is 0.509. The lowest BCUT2D eigenvalue weighted by Crippen LogP contribution is -2.10. The highest BCUT2D eigenvalue weighted by atomic mass is 35.7. The van der Waals surface area contributed by atoms with E-state index in [1.165, 1.54) is 0 Å². The molecule has 0 aliphatic carbocycles. The number of esters is 1. The average Bonchev–Trinajstić information content (AvgIpc) is 2.24. The molecule has 0 spiro atoms. The van der Waals surface area contributed by atoms with Crippen molar-refractivity contribution in [2.45, 2.75) is 18.2 Å². The molecule has 0 aliphatic rings. The molecule has 1 aromatic rings. The monoisotopic (exact) mass is 298 g/mol. The van der Waals surface area contributed by atoms with Gasteiger partial charge in [-0.2, -0.15) is 0 Å². The van der Waals surface area contributed by atoms with Gasteiger partial charge in [-0.05, 0) is 12.5 Å². The second kappa shape index (κ2) is 5.62. The first-order valence-corrected chi connectivity index (χ1v) is 7.19. The van der Waals surface area contributed by atoms with Crippen molar-refractivity contribution in [2.75, 3.05) is 6.61 Å². The smallest absolute Gasteiger partial charge is 0.341 e. The number of benzene rings is 1. The minimum Gasteiger partial charge on any atom is -0.462 e. The summed E-state index contributed by atoms with van der Waals surface area (Å²) in [6, 6.07) is 0.794. The lowest BCUT2D eigenvalue weighted by Gasteiger charge is -2.06. The van der Waals surface area contributed by atoms with Gasteiger partial charge in [-0.3, -0.25) is 0 Å². The highest BCUT2D eigenvalue weighted by Gasteiger charge is 2.23. The van der Waals surface area contributed by atoms with Crippen molar-refractivity contribution in [3.63, 3.8) is 0 Å². The SMILES string of the molecule is CCCOC(=O)c1cc(S(=O)(=O)Cl)c(F)cc1F. The van der Waals surface area contributed by atoms with Gasteiger partial charge in [-0.15, -0.1) is 0 Å². The van der Waals surface area contributed by atoms with E-state index in [0.717, 1.165) is 0 Å². The summed E-state index contributed by atoms with van der Waals surface area (Å²) >= 11 is 0. The van der Waals surface area contributed by atoms with Gasteiger partial charge >= 0.3 is 5.97 Å². The molecular formula is C10H9ClF2O4S. The number of carbonyl (C=O) groups is 1. The van der Waals surface area contributed by atoms with Crippen molar-refractivity contribution in [1.82, 2.24) is 0 Å². The first kappa shape index (κ1) is 14.8. The Hall–Kier alpha value is -1.21. The van der Waals surface area contributed by atoms with Crippen LogP contribution in [0, 0.1) is 11.6 Å². The fourth-order valence-electron chi connectivity index (χ4n) is 1.14. The van der Waals surface area contributed by atoms with Gasteiger partial charge in [0.25, 0.3) is 9.05 Å². The molecule has 0 heterocycles. The number of hydrogen-bond donors (Lipinski definition) is 0. The van der Waals surface area contributed by atoms with E-state index in [9.17, 15) is 22.0 Å². The molecule has 4 nitrogen and oxygen atoms in total. The van der Waals surface area contributed by atoms with E-state index in [0.29, 0.717) is 12.5 Å². The predicted octanol–water partition coefficient (Wildman–Crippen LogP) is 2.46. The summed E-state index contributed by atoms with van der Waals surface area (Å²) in [4.78, 5) is 10.4. The largest absolute Gasteiger partial charge is 0.462 e. The van der Waals surface area contributed by atoms with Crippen molar-refractivity contribution in [2.24, 2.45) is 0 Å². The van der Waals surface area contributed by atoms with Gasteiger partial charge in [0, 0.05) is 16.7 Å². The van der Waals surface area contributed by atoms with E-state index in [4.69, 9.17) is 10.7 Å². The molecule has 0 atom stereocenters. The van der Waals surface area contributed by atoms with Crippen molar-refractivity contribution in [3.05, 3.63) is 29.3 Å². The van der Waals surface area contributed by atoms with Gasteiger partial charge in [-0.25, -0.2) is 22.0 Å². The summed E-state index contributed by atoms with van der Waals surface area (Å²) in [7, 11) is 0.551. The Morgan fingerprint density at radius 3 is 2.44 bits per heavy atom. The Balaban J connectivity index is 3.26. The maximum absolute atomic E-state index is 13.3. The molecule has 0 bridgehead atoms. The third-order valence-corrected chi connectivity index (χ3v) is 3.28. The van der Waals surface area contributed by atoms with Gasteiger partial charge in [0.05, 0.1) is 12.2 Å². The van der Waals surface area contributed by atoms with Crippen LogP contribution in [0.2, 0.25) is 0 Å². The molecule has 0 aliphatic heterocycles. The van der Waals surface area contributed by atoms with Crippen LogP contribution in [-0.2, 0) is 13.8 Å². The standard InChI is InChI=1S/C10H9ClF2O4S/c1-2-3-17-10(14)6-4-9(18(11,15)16)8(13)5-7(6)12/h4-5H,2-3H2,1H3. The van der Waals surface area contributed by atoms with Crippen LogP contribution in [0.3, 0.4) is 0 Å². The van der Waals surface area contributed by atoms with Crippen LogP contribution < -0.4 is 0 Å². The molecule has 0 saturated heterocycles. The van der Waals surface area contributed by atoms with Gasteiger partial charge < -0.3 is 4.74 Å². The van der Waals surface area contributed by atoms with E-state index in [1.54, 1.807) is 6.92 Å². The van der Waals surface area contributed by atoms with Gasteiger partial charge in [0.1, 0.15) is 16.5 Å². The van der Waals surface area contributed by atoms with Crippen molar-refractivity contribution in [1.29, 1.82) is 0 Å². The summed E-state index contributed by atoms with van der Waals surface area (Å²) in [5.74, 6) is -3.65. The minimum absolute atomic E-state index is 0.0403. The second-order valence-electron chi connectivity index (χ2n) is 3.34. The molecule has 100 valence electrons. The van der Waals surface area contributed by atoms with Crippen molar-refractivity contribution < 1.29 is 26.7 Å². The molecule has 0 saturated carbocycles. The second-order valence-corrected chi connectivity index (χ2v) is 5.87. The third kappa shape index (κ3) is 3.39. The molecule has 18 heavy (non-hydrogen) atoms. The molecular weight excluding hydrogens is 290 g/mol. The molecule has 1 aromatic carbocycles. The number of ether oxygens (including phenoxy) is 1. The molecule has 8 heteroatoms.